The highest BCUT2D eigenvalue weighted by Gasteiger charge is 2.23. The Morgan fingerprint density at radius 3 is 2.48 bits per heavy atom. The lowest BCUT2D eigenvalue weighted by molar-refractivity contribution is -0.384. The number of benzene rings is 2. The zero-order valence-electron chi connectivity index (χ0n) is 11.3. The van der Waals surface area contributed by atoms with Gasteiger partial charge in [0.25, 0.3) is 5.69 Å². The number of nitrogens with zero attached hydrogens (tertiary/aromatic N) is 1. The van der Waals surface area contributed by atoms with Crippen LogP contribution in [0.5, 0.6) is 5.75 Å². The van der Waals surface area contributed by atoms with Crippen LogP contribution >= 0.6 is 0 Å². The van der Waals surface area contributed by atoms with Crippen molar-refractivity contribution in [2.75, 3.05) is 6.61 Å². The number of ether oxygens (including phenoxy) is 1. The molecule has 0 heterocycles. The van der Waals surface area contributed by atoms with Gasteiger partial charge in [-0.15, -0.1) is 0 Å². The van der Waals surface area contributed by atoms with E-state index in [1.165, 1.54) is 6.07 Å². The first-order chi connectivity index (χ1) is 10.0. The van der Waals surface area contributed by atoms with Gasteiger partial charge in [-0.3, -0.25) is 10.1 Å². The monoisotopic (exact) mass is 287 g/mol. The molecule has 0 bridgehead atoms. The fourth-order valence-electron chi connectivity index (χ4n) is 2.01. The fraction of sp³-hybridized carbons (Fsp3) is 0.133. The zero-order chi connectivity index (χ0) is 15.4. The maximum atomic E-state index is 11.2. The van der Waals surface area contributed by atoms with Crippen LogP contribution in [-0.2, 0) is 0 Å². The minimum absolute atomic E-state index is 0.120. The van der Waals surface area contributed by atoms with Crippen LogP contribution in [0.15, 0.2) is 42.5 Å². The molecule has 0 unspecified atom stereocenters. The SMILES string of the molecule is CCOc1cc(-c2ccccc2)c([N+](=O)[O-])cc1C(=O)O. The van der Waals surface area contributed by atoms with Crippen LogP contribution in [-0.4, -0.2) is 22.6 Å². The Kier molecular flexibility index (Phi) is 4.18. The molecule has 0 atom stereocenters. The third kappa shape index (κ3) is 3.00. The first-order valence-corrected chi connectivity index (χ1v) is 6.28. The molecule has 0 fully saturated rings. The summed E-state index contributed by atoms with van der Waals surface area (Å²) in [7, 11) is 0. The number of nitro benzene ring substituents is 1. The zero-order valence-corrected chi connectivity index (χ0v) is 11.3. The molecule has 0 spiro atoms. The molecule has 0 amide bonds. The van der Waals surface area contributed by atoms with Gasteiger partial charge in [0.05, 0.1) is 17.1 Å². The lowest BCUT2D eigenvalue weighted by Crippen LogP contribution is -2.05. The van der Waals surface area contributed by atoms with Gasteiger partial charge in [0, 0.05) is 6.07 Å². The summed E-state index contributed by atoms with van der Waals surface area (Å²) in [4.78, 5) is 21.8. The molecule has 0 aliphatic carbocycles. The van der Waals surface area contributed by atoms with Crippen molar-refractivity contribution in [1.82, 2.24) is 0 Å². The standard InChI is InChI=1S/C15H13NO5/c1-2-21-14-9-11(10-6-4-3-5-7-10)13(16(19)20)8-12(14)15(17)18/h3-9H,2H2,1H3,(H,17,18). The van der Waals surface area contributed by atoms with Crippen LogP contribution < -0.4 is 4.74 Å². The molecule has 1 N–H and O–H groups in total. The van der Waals surface area contributed by atoms with Gasteiger partial charge in [0.15, 0.2) is 0 Å². The van der Waals surface area contributed by atoms with Gasteiger partial charge in [-0.1, -0.05) is 30.3 Å². The number of carbonyl (C=O) groups is 1. The highest BCUT2D eigenvalue weighted by Crippen LogP contribution is 2.36. The normalized spacial score (nSPS) is 10.1. The number of carboxylic acid groups (broad SMARTS) is 1. The minimum atomic E-state index is -1.26. The summed E-state index contributed by atoms with van der Waals surface area (Å²) in [6.45, 7) is 1.99. The van der Waals surface area contributed by atoms with E-state index in [1.54, 1.807) is 37.3 Å². The Morgan fingerprint density at radius 1 is 1.29 bits per heavy atom. The lowest BCUT2D eigenvalue weighted by atomic mass is 10.0. The molecule has 6 heteroatoms. The highest BCUT2D eigenvalue weighted by atomic mass is 16.6. The van der Waals surface area contributed by atoms with Crippen molar-refractivity contribution in [2.45, 2.75) is 6.92 Å². The number of hydrogen-bond acceptors (Lipinski definition) is 4. The Balaban J connectivity index is 2.71. The van der Waals surface area contributed by atoms with Gasteiger partial charge in [0.2, 0.25) is 0 Å². The molecule has 0 saturated carbocycles. The van der Waals surface area contributed by atoms with Crippen molar-refractivity contribution in [1.29, 1.82) is 0 Å². The van der Waals surface area contributed by atoms with Gasteiger partial charge in [-0.25, -0.2) is 4.79 Å². The van der Waals surface area contributed by atoms with Crippen LogP contribution in [0.1, 0.15) is 17.3 Å². The Hall–Kier alpha value is -2.89. The third-order valence-electron chi connectivity index (χ3n) is 2.91. The van der Waals surface area contributed by atoms with E-state index in [1.807, 2.05) is 0 Å². The maximum Gasteiger partial charge on any atom is 0.339 e. The van der Waals surface area contributed by atoms with Crippen LogP contribution in [0.4, 0.5) is 5.69 Å². The molecular formula is C15H13NO5. The second-order valence-corrected chi connectivity index (χ2v) is 4.23. The molecule has 2 aromatic carbocycles. The molecule has 0 radical (unpaired) electrons. The van der Waals surface area contributed by atoms with Crippen LogP contribution in [0.2, 0.25) is 0 Å². The summed E-state index contributed by atoms with van der Waals surface area (Å²) in [5.41, 5.74) is 0.474. The van der Waals surface area contributed by atoms with E-state index >= 15 is 0 Å². The highest BCUT2D eigenvalue weighted by molar-refractivity contribution is 5.94. The fourth-order valence-corrected chi connectivity index (χ4v) is 2.01. The number of rotatable bonds is 5. The van der Waals surface area contributed by atoms with Gasteiger partial charge in [-0.2, -0.15) is 0 Å². The molecule has 6 nitrogen and oxygen atoms in total. The van der Waals surface area contributed by atoms with Crippen molar-refractivity contribution in [3.05, 3.63) is 58.1 Å². The van der Waals surface area contributed by atoms with Gasteiger partial charge >= 0.3 is 5.97 Å². The van der Waals surface area contributed by atoms with E-state index in [-0.39, 0.29) is 23.6 Å². The summed E-state index contributed by atoms with van der Waals surface area (Å²) in [6, 6.07) is 11.2. The molecule has 2 rings (SSSR count). The third-order valence-corrected chi connectivity index (χ3v) is 2.91. The Labute approximate surface area is 120 Å². The summed E-state index contributed by atoms with van der Waals surface area (Å²) >= 11 is 0. The van der Waals surface area contributed by atoms with Crippen LogP contribution in [0.25, 0.3) is 11.1 Å². The summed E-state index contributed by atoms with van der Waals surface area (Å²) < 4.78 is 5.29. The van der Waals surface area contributed by atoms with E-state index < -0.39 is 10.9 Å². The van der Waals surface area contributed by atoms with E-state index in [9.17, 15) is 14.9 Å². The molecule has 0 saturated heterocycles. The van der Waals surface area contributed by atoms with Crippen molar-refractivity contribution < 1.29 is 19.6 Å². The smallest absolute Gasteiger partial charge is 0.339 e. The Bertz CT molecular complexity index is 682. The predicted molar refractivity (Wildman–Crippen MR) is 76.7 cm³/mol. The second-order valence-electron chi connectivity index (χ2n) is 4.23. The quantitative estimate of drug-likeness (QED) is 0.672. The van der Waals surface area contributed by atoms with Crippen LogP contribution in [0, 0.1) is 10.1 Å². The van der Waals surface area contributed by atoms with Crippen molar-refractivity contribution in [3.63, 3.8) is 0 Å². The molecule has 0 aliphatic heterocycles. The van der Waals surface area contributed by atoms with Gasteiger partial charge < -0.3 is 9.84 Å². The topological polar surface area (TPSA) is 89.7 Å². The Morgan fingerprint density at radius 2 is 1.95 bits per heavy atom. The molecule has 108 valence electrons. The summed E-state index contributed by atoms with van der Waals surface area (Å²) in [5, 5.41) is 20.4. The predicted octanol–water partition coefficient (Wildman–Crippen LogP) is 3.36. The van der Waals surface area contributed by atoms with E-state index in [2.05, 4.69) is 0 Å². The van der Waals surface area contributed by atoms with Crippen molar-refractivity contribution >= 4 is 11.7 Å². The van der Waals surface area contributed by atoms with Gasteiger partial charge in [0.1, 0.15) is 11.3 Å². The van der Waals surface area contributed by atoms with E-state index in [0.717, 1.165) is 6.07 Å². The lowest BCUT2D eigenvalue weighted by Gasteiger charge is -2.10. The molecular weight excluding hydrogens is 274 g/mol. The van der Waals surface area contributed by atoms with Crippen molar-refractivity contribution in [2.24, 2.45) is 0 Å². The second kappa shape index (κ2) is 6.04. The summed E-state index contributed by atoms with van der Waals surface area (Å²) in [5.74, 6) is -1.14. The molecule has 2 aromatic rings. The average Bonchev–Trinajstić information content (AvgIpc) is 2.47. The average molecular weight is 287 g/mol. The first kappa shape index (κ1) is 14.5. The van der Waals surface area contributed by atoms with Crippen LogP contribution in [0.3, 0.4) is 0 Å². The van der Waals surface area contributed by atoms with E-state index in [0.29, 0.717) is 11.1 Å². The molecule has 0 aromatic heterocycles. The number of nitro groups is 1. The van der Waals surface area contributed by atoms with E-state index in [4.69, 9.17) is 9.84 Å². The number of hydrogen-bond donors (Lipinski definition) is 1. The van der Waals surface area contributed by atoms with Gasteiger partial charge in [-0.05, 0) is 18.6 Å². The largest absolute Gasteiger partial charge is 0.493 e. The first-order valence-electron chi connectivity index (χ1n) is 6.28. The minimum Gasteiger partial charge on any atom is -0.493 e. The number of carboxylic acids is 1. The maximum absolute atomic E-state index is 11.2. The van der Waals surface area contributed by atoms with Crippen molar-refractivity contribution in [3.8, 4) is 16.9 Å². The number of aromatic carboxylic acids is 1. The molecule has 0 aliphatic rings. The summed E-state index contributed by atoms with van der Waals surface area (Å²) in [6.07, 6.45) is 0. The molecule has 21 heavy (non-hydrogen) atoms.